The molecule has 7 nitrogen and oxygen atoms in total. The summed E-state index contributed by atoms with van der Waals surface area (Å²) in [5.74, 6) is -0.438. The Hall–Kier alpha value is -2.90. The molecular weight excluding hydrogens is 678 g/mol. The van der Waals surface area contributed by atoms with Gasteiger partial charge in [-0.05, 0) is 58.6 Å². The lowest BCUT2D eigenvalue weighted by Crippen LogP contribution is -2.48. The molecule has 4 aromatic rings. The number of fused-ring (bicyclic) bond motifs is 1. The first-order valence-electron chi connectivity index (χ1n) is 14.7. The van der Waals surface area contributed by atoms with Gasteiger partial charge in [0.1, 0.15) is 11.0 Å². The molecular formula is C32H36Cl2F3N3O4SSi. The Labute approximate surface area is 278 Å². The Morgan fingerprint density at radius 2 is 1.39 bits per heavy atom. The Morgan fingerprint density at radius 1 is 0.826 bits per heavy atom. The highest BCUT2D eigenvalue weighted by atomic mass is 35.5. The highest BCUT2D eigenvalue weighted by molar-refractivity contribution is 7.92. The smallest absolute Gasteiger partial charge is 0.416 e. The van der Waals surface area contributed by atoms with E-state index in [1.807, 2.05) is 0 Å². The molecule has 0 saturated carbocycles. The van der Waals surface area contributed by atoms with Gasteiger partial charge in [0.15, 0.2) is 0 Å². The van der Waals surface area contributed by atoms with E-state index in [4.69, 9.17) is 32.4 Å². The second-order valence-electron chi connectivity index (χ2n) is 11.9. The summed E-state index contributed by atoms with van der Waals surface area (Å²) in [7, 11) is -6.81. The number of rotatable bonds is 12. The summed E-state index contributed by atoms with van der Waals surface area (Å²) in [5.41, 5.74) is 0.988. The van der Waals surface area contributed by atoms with Crippen molar-refractivity contribution >= 4 is 58.4 Å². The average molecular weight is 715 g/mol. The zero-order chi connectivity index (χ0) is 34.0. The van der Waals surface area contributed by atoms with Crippen LogP contribution in [-0.2, 0) is 20.6 Å². The predicted octanol–water partition coefficient (Wildman–Crippen LogP) is 10.1. The van der Waals surface area contributed by atoms with E-state index < -0.39 is 36.2 Å². The molecule has 14 heteroatoms. The number of alkyl halides is 3. The molecule has 1 aromatic heterocycles. The quantitative estimate of drug-likeness (QED) is 0.147. The molecule has 0 saturated heterocycles. The standard InChI is InChI=1S/C32H36Cl2F3N3O4SSi/c1-19(2)46(20(3)4,21(5)6)43-18-27(22-14-16-23(17-15-22)32(35,36)37)44-31-30(38-25-11-7-8-12-26(25)39-31)40-45(41,42)28-13-9-10-24(33)29(28)34/h7-17,19-21,27H,18H2,1-6H3,(H,38,40). The fourth-order valence-electron chi connectivity index (χ4n) is 5.95. The van der Waals surface area contributed by atoms with Gasteiger partial charge >= 0.3 is 6.18 Å². The number of nitrogens with zero attached hydrogens (tertiary/aromatic N) is 2. The van der Waals surface area contributed by atoms with Gasteiger partial charge in [-0.3, -0.25) is 4.72 Å². The summed E-state index contributed by atoms with van der Waals surface area (Å²) in [5, 5.41) is -0.139. The minimum absolute atomic E-state index is 0.0209. The van der Waals surface area contributed by atoms with Gasteiger partial charge in [-0.25, -0.2) is 18.4 Å². The van der Waals surface area contributed by atoms with Crippen LogP contribution in [0.25, 0.3) is 11.0 Å². The Morgan fingerprint density at radius 3 is 1.93 bits per heavy atom. The van der Waals surface area contributed by atoms with Gasteiger partial charge in [-0.15, -0.1) is 0 Å². The van der Waals surface area contributed by atoms with Gasteiger partial charge in [0.2, 0.25) is 14.1 Å². The number of ether oxygens (including phenoxy) is 1. The molecule has 0 aliphatic rings. The molecule has 0 aliphatic carbocycles. The SMILES string of the molecule is CC(C)[Si](OCC(Oc1nc2ccccc2nc1NS(=O)(=O)c1cccc(Cl)c1Cl)c1ccc(C(F)(F)F)cc1)(C(C)C)C(C)C. The molecule has 46 heavy (non-hydrogen) atoms. The molecule has 0 spiro atoms. The van der Waals surface area contributed by atoms with Crippen molar-refractivity contribution in [3.05, 3.63) is 87.9 Å². The van der Waals surface area contributed by atoms with E-state index in [1.165, 1.54) is 30.3 Å². The first kappa shape index (κ1) is 35.9. The topological polar surface area (TPSA) is 90.4 Å². The van der Waals surface area contributed by atoms with Crippen molar-refractivity contribution in [1.82, 2.24) is 9.97 Å². The number of anilines is 1. The van der Waals surface area contributed by atoms with Crippen LogP contribution in [0.5, 0.6) is 5.88 Å². The molecule has 1 atom stereocenters. The maximum absolute atomic E-state index is 13.5. The summed E-state index contributed by atoms with van der Waals surface area (Å²) < 4.78 is 83.0. The van der Waals surface area contributed by atoms with Gasteiger partial charge in [-0.2, -0.15) is 13.2 Å². The monoisotopic (exact) mass is 713 g/mol. The summed E-state index contributed by atoms with van der Waals surface area (Å²) >= 11 is 12.3. The maximum Gasteiger partial charge on any atom is 0.416 e. The summed E-state index contributed by atoms with van der Waals surface area (Å²) in [4.78, 5) is 8.77. The van der Waals surface area contributed by atoms with E-state index in [0.717, 1.165) is 12.1 Å². The van der Waals surface area contributed by atoms with Crippen LogP contribution in [0, 0.1) is 0 Å². The number of aromatic nitrogens is 2. The summed E-state index contributed by atoms with van der Waals surface area (Å²) in [6.07, 6.45) is -5.50. The summed E-state index contributed by atoms with van der Waals surface area (Å²) in [6, 6.07) is 15.6. The molecule has 0 amide bonds. The molecule has 1 unspecified atom stereocenters. The molecule has 1 heterocycles. The fourth-order valence-corrected chi connectivity index (χ4v) is 13.1. The van der Waals surface area contributed by atoms with Crippen molar-refractivity contribution in [1.29, 1.82) is 0 Å². The minimum Gasteiger partial charge on any atom is -0.464 e. The molecule has 4 rings (SSSR count). The predicted molar refractivity (Wildman–Crippen MR) is 179 cm³/mol. The molecule has 0 radical (unpaired) electrons. The molecule has 3 aromatic carbocycles. The van der Waals surface area contributed by atoms with Crippen molar-refractivity contribution in [3.8, 4) is 5.88 Å². The van der Waals surface area contributed by atoms with Crippen LogP contribution in [0.15, 0.2) is 71.6 Å². The molecule has 0 fully saturated rings. The van der Waals surface area contributed by atoms with E-state index in [1.54, 1.807) is 24.3 Å². The number of para-hydroxylation sites is 2. The molecule has 1 N–H and O–H groups in total. The van der Waals surface area contributed by atoms with E-state index in [0.29, 0.717) is 16.6 Å². The first-order valence-corrected chi connectivity index (χ1v) is 19.1. The second-order valence-corrected chi connectivity index (χ2v) is 19.8. The minimum atomic E-state index is -4.53. The normalized spacial score (nSPS) is 13.5. The van der Waals surface area contributed by atoms with Gasteiger partial charge in [0.25, 0.3) is 15.9 Å². The van der Waals surface area contributed by atoms with Crippen LogP contribution in [-0.4, -0.2) is 33.3 Å². The maximum atomic E-state index is 13.5. The fraction of sp³-hybridized carbons (Fsp3) is 0.375. The van der Waals surface area contributed by atoms with Crippen molar-refractivity contribution < 1.29 is 30.8 Å². The highest BCUT2D eigenvalue weighted by Crippen LogP contribution is 2.43. The van der Waals surface area contributed by atoms with E-state index in [-0.39, 0.29) is 49.9 Å². The van der Waals surface area contributed by atoms with Gasteiger partial charge in [0, 0.05) is 0 Å². The zero-order valence-corrected chi connectivity index (χ0v) is 29.5. The third kappa shape index (κ3) is 7.62. The van der Waals surface area contributed by atoms with Gasteiger partial charge < -0.3 is 9.16 Å². The van der Waals surface area contributed by atoms with E-state index >= 15 is 0 Å². The molecule has 248 valence electrons. The van der Waals surface area contributed by atoms with Crippen LogP contribution in [0.4, 0.5) is 19.0 Å². The van der Waals surface area contributed by atoms with E-state index in [9.17, 15) is 21.6 Å². The largest absolute Gasteiger partial charge is 0.464 e. The van der Waals surface area contributed by atoms with Crippen molar-refractivity contribution in [2.45, 2.75) is 75.3 Å². The lowest BCUT2D eigenvalue weighted by atomic mass is 10.1. The van der Waals surface area contributed by atoms with Crippen molar-refractivity contribution in [3.63, 3.8) is 0 Å². The van der Waals surface area contributed by atoms with Crippen LogP contribution in [0.2, 0.25) is 26.7 Å². The Kier molecular flexibility index (Phi) is 11.0. The van der Waals surface area contributed by atoms with Crippen LogP contribution in [0.3, 0.4) is 0 Å². The Balaban J connectivity index is 1.83. The summed E-state index contributed by atoms with van der Waals surface area (Å²) in [6.45, 7) is 12.7. The van der Waals surface area contributed by atoms with Gasteiger partial charge in [-0.1, -0.05) is 95.1 Å². The zero-order valence-electron chi connectivity index (χ0n) is 26.2. The number of hydrogen-bond acceptors (Lipinski definition) is 6. The average Bonchev–Trinajstić information content (AvgIpc) is 2.97. The van der Waals surface area contributed by atoms with Crippen molar-refractivity contribution in [2.24, 2.45) is 0 Å². The number of hydrogen-bond donors (Lipinski definition) is 1. The van der Waals surface area contributed by atoms with E-state index in [2.05, 4.69) is 56.2 Å². The third-order valence-electron chi connectivity index (χ3n) is 8.03. The molecule has 0 bridgehead atoms. The lowest BCUT2D eigenvalue weighted by molar-refractivity contribution is -0.137. The van der Waals surface area contributed by atoms with Crippen LogP contribution in [0.1, 0.15) is 58.8 Å². The third-order valence-corrected chi connectivity index (χ3v) is 16.4. The van der Waals surface area contributed by atoms with Crippen molar-refractivity contribution in [2.75, 3.05) is 11.3 Å². The first-order chi connectivity index (χ1) is 21.5. The molecule has 0 aliphatic heterocycles. The van der Waals surface area contributed by atoms with Crippen LogP contribution < -0.4 is 9.46 Å². The number of nitrogens with one attached hydrogen (secondary N) is 1. The van der Waals surface area contributed by atoms with Gasteiger partial charge in [0.05, 0.1) is 33.2 Å². The number of benzene rings is 3. The number of halogens is 5. The second kappa shape index (κ2) is 14.1. The van der Waals surface area contributed by atoms with Crippen LogP contribution >= 0.6 is 23.2 Å². The lowest BCUT2D eigenvalue weighted by Gasteiger charge is -2.43. The highest BCUT2D eigenvalue weighted by Gasteiger charge is 2.45. The number of sulfonamides is 1. The Bertz CT molecular complexity index is 1770.